The Kier molecular flexibility index (Phi) is 1.96. The van der Waals surface area contributed by atoms with E-state index in [1.807, 2.05) is 22.7 Å². The van der Waals surface area contributed by atoms with Crippen molar-refractivity contribution in [3.63, 3.8) is 0 Å². The first-order chi connectivity index (χ1) is 7.75. The third-order valence-electron chi connectivity index (χ3n) is 2.91. The van der Waals surface area contributed by atoms with Gasteiger partial charge in [-0.2, -0.15) is 0 Å². The van der Waals surface area contributed by atoms with Crippen LogP contribution >= 0.6 is 54.5 Å². The van der Waals surface area contributed by atoms with Gasteiger partial charge in [0.05, 0.1) is 7.57 Å². The van der Waals surface area contributed by atoms with Gasteiger partial charge in [0, 0.05) is 30.9 Å². The SMILES string of the molecule is Brc1sc2ccc3sc(Br)c4ccc1c2c34. The Morgan fingerprint density at radius 3 is 1.56 bits per heavy atom. The molecule has 16 heavy (non-hydrogen) atoms. The molecular formula is C12H4Br2S2. The maximum atomic E-state index is 3.65. The minimum absolute atomic E-state index is 1.24. The molecule has 0 saturated heterocycles. The fourth-order valence-electron chi connectivity index (χ4n) is 2.23. The highest BCUT2D eigenvalue weighted by Gasteiger charge is 2.15. The van der Waals surface area contributed by atoms with Gasteiger partial charge in [0.2, 0.25) is 0 Å². The maximum Gasteiger partial charge on any atom is 0.0783 e. The predicted molar refractivity (Wildman–Crippen MR) is 81.3 cm³/mol. The van der Waals surface area contributed by atoms with Crippen molar-refractivity contribution in [2.75, 3.05) is 0 Å². The van der Waals surface area contributed by atoms with Crippen molar-refractivity contribution in [2.24, 2.45) is 0 Å². The standard InChI is InChI=1S/C12H4Br2S2/c13-11-5-1-2-6-10-8(16-12(6)14)4-3-7(15-11)9(5)10/h1-4H. The smallest absolute Gasteiger partial charge is 0.0783 e. The van der Waals surface area contributed by atoms with Crippen molar-refractivity contribution in [3.8, 4) is 0 Å². The van der Waals surface area contributed by atoms with Crippen molar-refractivity contribution in [1.29, 1.82) is 0 Å². The Bertz CT molecular complexity index is 756. The van der Waals surface area contributed by atoms with E-state index in [2.05, 4.69) is 56.1 Å². The van der Waals surface area contributed by atoms with Gasteiger partial charge in [-0.25, -0.2) is 0 Å². The van der Waals surface area contributed by atoms with Gasteiger partial charge in [0.1, 0.15) is 0 Å². The number of benzene rings is 2. The summed E-state index contributed by atoms with van der Waals surface area (Å²) >= 11 is 10.9. The van der Waals surface area contributed by atoms with Crippen molar-refractivity contribution < 1.29 is 0 Å². The number of rotatable bonds is 0. The van der Waals surface area contributed by atoms with Crippen LogP contribution in [0.2, 0.25) is 0 Å². The molecule has 0 aliphatic carbocycles. The highest BCUT2D eigenvalue weighted by Crippen LogP contribution is 2.47. The van der Waals surface area contributed by atoms with E-state index in [0.29, 0.717) is 0 Å². The molecule has 2 heterocycles. The van der Waals surface area contributed by atoms with E-state index in [1.54, 1.807) is 0 Å². The normalized spacial score (nSPS) is 12.4. The lowest BCUT2D eigenvalue weighted by atomic mass is 10.1. The number of hydrogen-bond donors (Lipinski definition) is 0. The summed E-state index contributed by atoms with van der Waals surface area (Å²) in [6.07, 6.45) is 0. The Balaban J connectivity index is 2.51. The van der Waals surface area contributed by atoms with Gasteiger partial charge in [-0.05, 0) is 44.0 Å². The van der Waals surface area contributed by atoms with Crippen LogP contribution in [0.4, 0.5) is 0 Å². The van der Waals surface area contributed by atoms with Crippen LogP contribution in [0.5, 0.6) is 0 Å². The molecule has 0 nitrogen and oxygen atoms in total. The van der Waals surface area contributed by atoms with E-state index in [4.69, 9.17) is 0 Å². The van der Waals surface area contributed by atoms with Crippen LogP contribution in [0.1, 0.15) is 0 Å². The molecule has 0 radical (unpaired) electrons. The summed E-state index contributed by atoms with van der Waals surface area (Å²) < 4.78 is 5.20. The van der Waals surface area contributed by atoms with Gasteiger partial charge in [0.15, 0.2) is 0 Å². The molecule has 0 aliphatic rings. The summed E-state index contributed by atoms with van der Waals surface area (Å²) in [7, 11) is 0. The van der Waals surface area contributed by atoms with Gasteiger partial charge in [-0.15, -0.1) is 22.7 Å². The summed E-state index contributed by atoms with van der Waals surface area (Å²) in [5.41, 5.74) is 0. The minimum atomic E-state index is 1.24. The van der Waals surface area contributed by atoms with Crippen LogP contribution < -0.4 is 0 Å². The lowest BCUT2D eigenvalue weighted by Gasteiger charge is -1.98. The average molecular weight is 372 g/mol. The minimum Gasteiger partial charge on any atom is -0.128 e. The van der Waals surface area contributed by atoms with Crippen LogP contribution in [0.25, 0.3) is 30.9 Å². The third-order valence-corrected chi connectivity index (χ3v) is 6.65. The lowest BCUT2D eigenvalue weighted by Crippen LogP contribution is -1.72. The Hall–Kier alpha value is -0.160. The Morgan fingerprint density at radius 1 is 0.688 bits per heavy atom. The molecule has 0 atom stereocenters. The zero-order valence-electron chi connectivity index (χ0n) is 7.88. The largest absolute Gasteiger partial charge is 0.128 e. The predicted octanol–water partition coefficient (Wildman–Crippen LogP) is 6.23. The molecule has 4 rings (SSSR count). The number of hydrogen-bond acceptors (Lipinski definition) is 2. The monoisotopic (exact) mass is 370 g/mol. The highest BCUT2D eigenvalue weighted by molar-refractivity contribution is 9.11. The summed E-state index contributed by atoms with van der Waals surface area (Å²) in [6, 6.07) is 8.87. The highest BCUT2D eigenvalue weighted by atomic mass is 79.9. The second-order valence-electron chi connectivity index (χ2n) is 3.72. The van der Waals surface area contributed by atoms with Gasteiger partial charge >= 0.3 is 0 Å². The molecule has 4 aromatic rings. The molecule has 0 amide bonds. The van der Waals surface area contributed by atoms with Crippen molar-refractivity contribution in [1.82, 2.24) is 0 Å². The second-order valence-corrected chi connectivity index (χ2v) is 8.46. The Labute approximate surface area is 116 Å². The van der Waals surface area contributed by atoms with Crippen LogP contribution in [-0.2, 0) is 0 Å². The lowest BCUT2D eigenvalue weighted by molar-refractivity contribution is 1.95. The molecular weight excluding hydrogens is 368 g/mol. The average Bonchev–Trinajstić information content (AvgIpc) is 2.76. The molecule has 0 fully saturated rings. The molecule has 0 unspecified atom stereocenters. The number of halogens is 2. The molecule has 78 valence electrons. The van der Waals surface area contributed by atoms with E-state index >= 15 is 0 Å². The zero-order chi connectivity index (χ0) is 10.9. The molecule has 0 spiro atoms. The van der Waals surface area contributed by atoms with Gasteiger partial charge in [0.25, 0.3) is 0 Å². The van der Waals surface area contributed by atoms with E-state index in [-0.39, 0.29) is 0 Å². The zero-order valence-corrected chi connectivity index (χ0v) is 12.7. The van der Waals surface area contributed by atoms with E-state index < -0.39 is 0 Å². The fourth-order valence-corrected chi connectivity index (χ4v) is 5.79. The van der Waals surface area contributed by atoms with Gasteiger partial charge in [-0.3, -0.25) is 0 Å². The second kappa shape index (κ2) is 3.19. The van der Waals surface area contributed by atoms with Crippen molar-refractivity contribution in [3.05, 3.63) is 31.8 Å². The first-order valence-corrected chi connectivity index (χ1v) is 7.98. The van der Waals surface area contributed by atoms with Crippen LogP contribution in [0.15, 0.2) is 31.8 Å². The van der Waals surface area contributed by atoms with Crippen LogP contribution in [0, 0.1) is 0 Å². The van der Waals surface area contributed by atoms with Crippen molar-refractivity contribution >= 4 is 85.5 Å². The fraction of sp³-hybridized carbons (Fsp3) is 0. The molecule has 0 bridgehead atoms. The summed E-state index contributed by atoms with van der Waals surface area (Å²) in [4.78, 5) is 0. The number of thiophene rings is 2. The Morgan fingerprint density at radius 2 is 1.12 bits per heavy atom. The summed E-state index contributed by atoms with van der Waals surface area (Å²) in [5.74, 6) is 0. The van der Waals surface area contributed by atoms with E-state index in [0.717, 1.165) is 0 Å². The molecule has 4 heteroatoms. The topological polar surface area (TPSA) is 0 Å². The van der Waals surface area contributed by atoms with E-state index in [1.165, 1.54) is 38.5 Å². The maximum absolute atomic E-state index is 3.65. The first kappa shape index (κ1) is 9.83. The quantitative estimate of drug-likeness (QED) is 0.343. The molecule has 0 N–H and O–H groups in total. The van der Waals surface area contributed by atoms with Gasteiger partial charge < -0.3 is 0 Å². The van der Waals surface area contributed by atoms with Crippen molar-refractivity contribution in [2.45, 2.75) is 0 Å². The third kappa shape index (κ3) is 1.09. The summed E-state index contributed by atoms with van der Waals surface area (Å²) in [5, 5.41) is 5.49. The molecule has 2 aromatic heterocycles. The van der Waals surface area contributed by atoms with E-state index in [9.17, 15) is 0 Å². The van der Waals surface area contributed by atoms with Crippen LogP contribution in [0.3, 0.4) is 0 Å². The first-order valence-electron chi connectivity index (χ1n) is 4.77. The molecule has 0 aliphatic heterocycles. The molecule has 2 aromatic carbocycles. The van der Waals surface area contributed by atoms with Crippen LogP contribution in [-0.4, -0.2) is 0 Å². The van der Waals surface area contributed by atoms with Gasteiger partial charge in [-0.1, -0.05) is 12.1 Å². The molecule has 0 saturated carbocycles. The summed E-state index contributed by atoms with van der Waals surface area (Å²) in [6.45, 7) is 0.